The predicted molar refractivity (Wildman–Crippen MR) is 167 cm³/mol. The number of hydrogen-bond donors (Lipinski definition) is 3. The molecule has 0 aliphatic carbocycles. The van der Waals surface area contributed by atoms with Gasteiger partial charge < -0.3 is 25.3 Å². The molecule has 1 atom stereocenters. The van der Waals surface area contributed by atoms with E-state index in [0.29, 0.717) is 24.6 Å². The maximum atomic E-state index is 12.7. The van der Waals surface area contributed by atoms with Gasteiger partial charge >= 0.3 is 6.09 Å². The van der Waals surface area contributed by atoms with E-state index in [9.17, 15) is 14.4 Å². The van der Waals surface area contributed by atoms with E-state index in [4.69, 9.17) is 10.5 Å². The lowest BCUT2D eigenvalue weighted by molar-refractivity contribution is -0.118. The Kier molecular flexibility index (Phi) is 8.84. The topological polar surface area (TPSA) is 150 Å². The Morgan fingerprint density at radius 1 is 1.05 bits per heavy atom. The zero-order chi connectivity index (χ0) is 31.4. The van der Waals surface area contributed by atoms with Gasteiger partial charge in [-0.3, -0.25) is 14.5 Å². The van der Waals surface area contributed by atoms with Crippen LogP contribution in [0.5, 0.6) is 0 Å². The Balaban J connectivity index is 1.30. The molecule has 3 heterocycles. The summed E-state index contributed by atoms with van der Waals surface area (Å²) in [7, 11) is 0. The van der Waals surface area contributed by atoms with Crippen molar-refractivity contribution in [1.29, 1.82) is 0 Å². The first-order valence-corrected chi connectivity index (χ1v) is 14.9. The molecule has 2 aromatic carbocycles. The summed E-state index contributed by atoms with van der Waals surface area (Å²) in [6, 6.07) is 15.7. The van der Waals surface area contributed by atoms with Crippen LogP contribution in [0, 0.1) is 0 Å². The Labute approximate surface area is 256 Å². The van der Waals surface area contributed by atoms with Crippen molar-refractivity contribution in [3.8, 4) is 33.6 Å². The molecule has 44 heavy (non-hydrogen) atoms. The van der Waals surface area contributed by atoms with Gasteiger partial charge in [0, 0.05) is 18.7 Å². The van der Waals surface area contributed by atoms with Gasteiger partial charge in [-0.15, -0.1) is 0 Å². The molecular formula is C33H39N7O4. The highest BCUT2D eigenvalue weighted by molar-refractivity contribution is 5.97. The van der Waals surface area contributed by atoms with E-state index >= 15 is 0 Å². The van der Waals surface area contributed by atoms with Crippen molar-refractivity contribution in [2.75, 3.05) is 13.1 Å². The fourth-order valence-electron chi connectivity index (χ4n) is 5.44. The van der Waals surface area contributed by atoms with Gasteiger partial charge in [0.15, 0.2) is 0 Å². The number of aromatic amines is 2. The summed E-state index contributed by atoms with van der Waals surface area (Å²) in [6.07, 6.45) is 4.80. The van der Waals surface area contributed by atoms with Crippen molar-refractivity contribution >= 4 is 18.4 Å². The lowest BCUT2D eigenvalue weighted by atomic mass is 10.0. The second kappa shape index (κ2) is 12.7. The Hall–Kier alpha value is -4.93. The predicted octanol–water partition coefficient (Wildman–Crippen LogP) is 5.67. The van der Waals surface area contributed by atoms with E-state index in [2.05, 4.69) is 19.9 Å². The molecule has 1 aliphatic heterocycles. The summed E-state index contributed by atoms with van der Waals surface area (Å²) < 4.78 is 5.60. The molecule has 1 fully saturated rings. The number of H-pyrrole nitrogens is 2. The molecule has 0 spiro atoms. The average Bonchev–Trinajstić information content (AvgIpc) is 3.76. The van der Waals surface area contributed by atoms with E-state index in [1.807, 2.05) is 76.2 Å². The number of rotatable bonds is 10. The normalized spacial score (nSPS) is 14.9. The quantitative estimate of drug-likeness (QED) is 0.200. The first kappa shape index (κ1) is 30.5. The highest BCUT2D eigenvalue weighted by atomic mass is 16.6. The molecule has 1 saturated heterocycles. The fraction of sp³-hybridized carbons (Fsp3) is 0.364. The van der Waals surface area contributed by atoms with Gasteiger partial charge in [0.2, 0.25) is 6.41 Å². The molecule has 0 radical (unpaired) electrons. The first-order chi connectivity index (χ1) is 21.1. The molecule has 3 amide bonds. The number of carbonyl (C=O) groups is 3. The number of imidazole rings is 2. The number of carbonyl (C=O) groups excluding carboxylic acids is 3. The van der Waals surface area contributed by atoms with Crippen LogP contribution >= 0.6 is 0 Å². The number of ether oxygens (including phenoxy) is 1. The molecule has 4 aromatic rings. The van der Waals surface area contributed by atoms with Crippen molar-refractivity contribution < 1.29 is 19.1 Å². The van der Waals surface area contributed by atoms with Crippen LogP contribution in [0.15, 0.2) is 54.7 Å². The number of aromatic nitrogens is 4. The number of amides is 3. The largest absolute Gasteiger partial charge is 0.444 e. The van der Waals surface area contributed by atoms with E-state index < -0.39 is 11.5 Å². The van der Waals surface area contributed by atoms with E-state index in [0.717, 1.165) is 59.4 Å². The van der Waals surface area contributed by atoms with Crippen LogP contribution in [0.2, 0.25) is 0 Å². The van der Waals surface area contributed by atoms with Crippen LogP contribution < -0.4 is 5.73 Å². The van der Waals surface area contributed by atoms with Crippen LogP contribution in [0.25, 0.3) is 33.6 Å². The second-order valence-corrected chi connectivity index (χ2v) is 12.0. The molecule has 11 heteroatoms. The zero-order valence-corrected chi connectivity index (χ0v) is 25.6. The molecule has 5 rings (SSSR count). The van der Waals surface area contributed by atoms with E-state index in [-0.39, 0.29) is 24.4 Å². The van der Waals surface area contributed by atoms with Crippen LogP contribution in [-0.4, -0.2) is 66.8 Å². The van der Waals surface area contributed by atoms with Crippen LogP contribution in [-0.2, 0) is 16.1 Å². The SMILES string of the molecule is CCCN(C=O)Cc1nc(-c2ccc(-c3ccc(-c4cnc([C@@H]5CCCN5C(=O)OC(C)(C)C)[nH]4)cc3)cc2)c(C(N)=O)[nH]1. The summed E-state index contributed by atoms with van der Waals surface area (Å²) in [5, 5.41) is 0. The smallest absolute Gasteiger partial charge is 0.410 e. The fourth-order valence-corrected chi connectivity index (χ4v) is 5.44. The number of likely N-dealkylation sites (tertiary alicyclic amines) is 1. The highest BCUT2D eigenvalue weighted by Crippen LogP contribution is 2.33. The molecule has 0 saturated carbocycles. The van der Waals surface area contributed by atoms with Crippen molar-refractivity contribution in [2.24, 2.45) is 5.73 Å². The van der Waals surface area contributed by atoms with Crippen molar-refractivity contribution in [2.45, 2.75) is 65.1 Å². The number of hydrogen-bond acceptors (Lipinski definition) is 6. The molecule has 0 bridgehead atoms. The number of nitrogens with one attached hydrogen (secondary N) is 2. The maximum absolute atomic E-state index is 12.7. The highest BCUT2D eigenvalue weighted by Gasteiger charge is 2.34. The summed E-state index contributed by atoms with van der Waals surface area (Å²) in [4.78, 5) is 55.2. The number of benzene rings is 2. The van der Waals surface area contributed by atoms with Gasteiger partial charge in [0.05, 0.1) is 24.5 Å². The second-order valence-electron chi connectivity index (χ2n) is 12.0. The minimum atomic E-state index is -0.612. The summed E-state index contributed by atoms with van der Waals surface area (Å²) >= 11 is 0. The lowest BCUT2D eigenvalue weighted by Gasteiger charge is -2.27. The zero-order valence-electron chi connectivity index (χ0n) is 25.6. The van der Waals surface area contributed by atoms with Crippen molar-refractivity contribution in [3.05, 3.63) is 72.1 Å². The molecule has 1 aliphatic rings. The molecule has 4 N–H and O–H groups in total. The van der Waals surface area contributed by atoms with Crippen LogP contribution in [0.3, 0.4) is 0 Å². The maximum Gasteiger partial charge on any atom is 0.410 e. The van der Waals surface area contributed by atoms with E-state index in [1.54, 1.807) is 16.0 Å². The van der Waals surface area contributed by atoms with Gasteiger partial charge in [-0.2, -0.15) is 0 Å². The molecule has 11 nitrogen and oxygen atoms in total. The number of primary amides is 1. The van der Waals surface area contributed by atoms with Gasteiger partial charge in [0.25, 0.3) is 5.91 Å². The summed E-state index contributed by atoms with van der Waals surface area (Å²) in [6.45, 7) is 9.09. The minimum Gasteiger partial charge on any atom is -0.444 e. The molecule has 230 valence electrons. The molecule has 0 unspecified atom stereocenters. The third-order valence-electron chi connectivity index (χ3n) is 7.49. The monoisotopic (exact) mass is 597 g/mol. The summed E-state index contributed by atoms with van der Waals surface area (Å²) in [5.74, 6) is 0.643. The molecular weight excluding hydrogens is 558 g/mol. The minimum absolute atomic E-state index is 0.141. The Morgan fingerprint density at radius 3 is 2.27 bits per heavy atom. The van der Waals surface area contributed by atoms with E-state index in [1.165, 1.54) is 0 Å². The van der Waals surface area contributed by atoms with Gasteiger partial charge in [-0.25, -0.2) is 14.8 Å². The lowest BCUT2D eigenvalue weighted by Crippen LogP contribution is -2.36. The van der Waals surface area contributed by atoms with Gasteiger partial charge in [-0.1, -0.05) is 55.5 Å². The third kappa shape index (κ3) is 6.82. The van der Waals surface area contributed by atoms with Crippen molar-refractivity contribution in [3.63, 3.8) is 0 Å². The first-order valence-electron chi connectivity index (χ1n) is 14.9. The molecule has 2 aromatic heterocycles. The Bertz CT molecular complexity index is 1620. The van der Waals surface area contributed by atoms with Crippen LogP contribution in [0.4, 0.5) is 4.79 Å². The van der Waals surface area contributed by atoms with Gasteiger partial charge in [0.1, 0.15) is 28.6 Å². The third-order valence-corrected chi connectivity index (χ3v) is 7.49. The van der Waals surface area contributed by atoms with Crippen molar-refractivity contribution in [1.82, 2.24) is 29.7 Å². The standard InChI is InChI=1S/C33H39N7O4/c1-5-16-39(20-41)19-27-37-28(29(38-27)30(34)42)24-14-10-22(11-15-24)21-8-12-23(13-9-21)25-18-35-31(36-25)26-7-6-17-40(26)32(43)44-33(2,3)4/h8-15,18,20,26H,5-7,16-17,19H2,1-4H3,(H2,34,42)(H,35,36)(H,37,38)/t26-/m0/s1. The average molecular weight is 598 g/mol. The summed E-state index contributed by atoms with van der Waals surface area (Å²) in [5.41, 5.74) is 10.4. The number of nitrogens with zero attached hydrogens (tertiary/aromatic N) is 4. The van der Waals surface area contributed by atoms with Crippen LogP contribution in [0.1, 0.15) is 75.1 Å². The number of nitrogens with two attached hydrogens (primary N) is 1. The Morgan fingerprint density at radius 2 is 1.68 bits per heavy atom. The van der Waals surface area contributed by atoms with Gasteiger partial charge in [-0.05, 0) is 56.7 Å².